The number of nitrogens with two attached hydrogens (primary N) is 1. The summed E-state index contributed by atoms with van der Waals surface area (Å²) in [6, 6.07) is 9.36. The molecular weight excluding hydrogens is 274 g/mol. The second-order valence-corrected chi connectivity index (χ2v) is 6.97. The third kappa shape index (κ3) is 2.39. The van der Waals surface area contributed by atoms with Gasteiger partial charge in [-0.15, -0.1) is 0 Å². The van der Waals surface area contributed by atoms with Gasteiger partial charge in [0, 0.05) is 12.5 Å². The number of hydrogen-bond donors (Lipinski definition) is 1. The highest BCUT2D eigenvalue weighted by Crippen LogP contribution is 2.40. The Bertz CT molecular complexity index is 622. The van der Waals surface area contributed by atoms with Crippen molar-refractivity contribution >= 4 is 15.7 Å². The Morgan fingerprint density at radius 3 is 2.80 bits per heavy atom. The van der Waals surface area contributed by atoms with E-state index in [1.807, 2.05) is 24.3 Å². The first-order valence-corrected chi connectivity index (χ1v) is 8.26. The zero-order chi connectivity index (χ0) is 14.8. The molecule has 2 atom stereocenters. The molecule has 0 bridgehead atoms. The number of nitrogens with zero attached hydrogens (tertiary/aromatic N) is 2. The van der Waals surface area contributed by atoms with Gasteiger partial charge in [0.25, 0.3) is 10.0 Å². The van der Waals surface area contributed by atoms with Gasteiger partial charge in [-0.3, -0.25) is 4.31 Å². The van der Waals surface area contributed by atoms with Crippen molar-refractivity contribution in [2.24, 2.45) is 5.73 Å². The van der Waals surface area contributed by atoms with Crippen molar-refractivity contribution in [2.75, 3.05) is 17.4 Å². The Labute approximate surface area is 120 Å². The van der Waals surface area contributed by atoms with Crippen LogP contribution < -0.4 is 10.0 Å². The van der Waals surface area contributed by atoms with E-state index in [9.17, 15) is 8.42 Å². The summed E-state index contributed by atoms with van der Waals surface area (Å²) < 4.78 is 26.5. The molecule has 5 nitrogen and oxygen atoms in total. The molecule has 1 aliphatic rings. The summed E-state index contributed by atoms with van der Waals surface area (Å²) in [5.41, 5.74) is 7.31. The summed E-state index contributed by atoms with van der Waals surface area (Å²) in [7, 11) is -3.63. The smallest absolute Gasteiger partial charge is 0.251 e. The Balaban J connectivity index is 2.43. The highest BCUT2D eigenvalue weighted by Gasteiger charge is 2.38. The van der Waals surface area contributed by atoms with Crippen molar-refractivity contribution in [1.82, 2.24) is 0 Å². The first-order valence-electron chi connectivity index (χ1n) is 6.76. The molecule has 0 fully saturated rings. The summed E-state index contributed by atoms with van der Waals surface area (Å²) in [6.45, 7) is 2.62. The zero-order valence-electron chi connectivity index (χ0n) is 11.5. The van der Waals surface area contributed by atoms with Crippen molar-refractivity contribution in [3.8, 4) is 6.07 Å². The molecule has 1 aromatic carbocycles. The fourth-order valence-electron chi connectivity index (χ4n) is 2.67. The van der Waals surface area contributed by atoms with Gasteiger partial charge in [-0.1, -0.05) is 25.1 Å². The fraction of sp³-hybridized carbons (Fsp3) is 0.500. The van der Waals surface area contributed by atoms with Crippen molar-refractivity contribution in [1.29, 1.82) is 5.26 Å². The maximum absolute atomic E-state index is 12.6. The monoisotopic (exact) mass is 293 g/mol. The van der Waals surface area contributed by atoms with E-state index >= 15 is 0 Å². The van der Waals surface area contributed by atoms with Crippen LogP contribution in [0.1, 0.15) is 31.2 Å². The van der Waals surface area contributed by atoms with Crippen LogP contribution in [-0.2, 0) is 10.0 Å². The van der Waals surface area contributed by atoms with Gasteiger partial charge in [0.05, 0.1) is 11.8 Å². The minimum atomic E-state index is -3.63. The molecule has 20 heavy (non-hydrogen) atoms. The lowest BCUT2D eigenvalue weighted by Gasteiger charge is -2.22. The molecule has 0 saturated carbocycles. The van der Waals surface area contributed by atoms with Gasteiger partial charge in [-0.2, -0.15) is 5.26 Å². The van der Waals surface area contributed by atoms with E-state index in [0.29, 0.717) is 25.2 Å². The molecule has 0 saturated heterocycles. The standard InChI is InChI=1S/C14H19N3O2S/c1-2-12(9-16)20(18,19)17-10-11(7-8-15)13-5-3-4-6-14(13)17/h3-6,11-12H,2,7-8,10,15H2,1H3. The summed E-state index contributed by atoms with van der Waals surface area (Å²) in [5, 5.41) is 8.07. The molecule has 2 rings (SSSR count). The third-order valence-electron chi connectivity index (χ3n) is 3.73. The lowest BCUT2D eigenvalue weighted by Crippen LogP contribution is -2.37. The molecule has 0 aliphatic carbocycles. The van der Waals surface area contributed by atoms with E-state index in [1.54, 1.807) is 13.0 Å². The van der Waals surface area contributed by atoms with Gasteiger partial charge >= 0.3 is 0 Å². The molecule has 0 amide bonds. The predicted octanol–water partition coefficient (Wildman–Crippen LogP) is 1.57. The normalized spacial score (nSPS) is 19.4. The number of hydrogen-bond acceptors (Lipinski definition) is 4. The number of nitriles is 1. The van der Waals surface area contributed by atoms with Gasteiger partial charge in [0.1, 0.15) is 0 Å². The van der Waals surface area contributed by atoms with E-state index in [2.05, 4.69) is 0 Å². The molecule has 0 aromatic heterocycles. The Morgan fingerprint density at radius 2 is 2.20 bits per heavy atom. The first-order chi connectivity index (χ1) is 9.56. The summed E-state index contributed by atoms with van der Waals surface area (Å²) >= 11 is 0. The van der Waals surface area contributed by atoms with E-state index in [0.717, 1.165) is 12.0 Å². The molecule has 2 unspecified atom stereocenters. The number of anilines is 1. The molecular formula is C14H19N3O2S. The van der Waals surface area contributed by atoms with E-state index < -0.39 is 15.3 Å². The minimum Gasteiger partial charge on any atom is -0.330 e. The largest absolute Gasteiger partial charge is 0.330 e. The van der Waals surface area contributed by atoms with Gasteiger partial charge in [-0.25, -0.2) is 8.42 Å². The molecule has 6 heteroatoms. The SMILES string of the molecule is CCC(C#N)S(=O)(=O)N1CC(CCN)c2ccccc21. The fourth-order valence-corrected chi connectivity index (χ4v) is 4.36. The second kappa shape index (κ2) is 5.81. The number of fused-ring (bicyclic) bond motifs is 1. The predicted molar refractivity (Wildman–Crippen MR) is 78.8 cm³/mol. The molecule has 0 radical (unpaired) electrons. The molecule has 0 spiro atoms. The number of para-hydroxylation sites is 1. The van der Waals surface area contributed by atoms with Crippen LogP contribution in [0.3, 0.4) is 0 Å². The maximum Gasteiger partial charge on any atom is 0.251 e. The highest BCUT2D eigenvalue weighted by molar-refractivity contribution is 7.93. The number of sulfonamides is 1. The summed E-state index contributed by atoms with van der Waals surface area (Å²) in [6.07, 6.45) is 1.03. The Kier molecular flexibility index (Phi) is 4.31. The van der Waals surface area contributed by atoms with Crippen LogP contribution in [0.4, 0.5) is 5.69 Å². The Hall–Kier alpha value is -1.58. The quantitative estimate of drug-likeness (QED) is 0.892. The average molecular weight is 293 g/mol. The van der Waals surface area contributed by atoms with E-state index in [-0.39, 0.29) is 5.92 Å². The van der Waals surface area contributed by atoms with E-state index in [4.69, 9.17) is 11.0 Å². The molecule has 1 aromatic rings. The van der Waals surface area contributed by atoms with Crippen LogP contribution in [0.25, 0.3) is 0 Å². The topological polar surface area (TPSA) is 87.2 Å². The Morgan fingerprint density at radius 1 is 1.50 bits per heavy atom. The third-order valence-corrected chi connectivity index (χ3v) is 5.85. The van der Waals surface area contributed by atoms with Crippen molar-refractivity contribution < 1.29 is 8.42 Å². The van der Waals surface area contributed by atoms with Gasteiger partial charge < -0.3 is 5.73 Å². The molecule has 1 heterocycles. The maximum atomic E-state index is 12.6. The van der Waals surface area contributed by atoms with Gasteiger partial charge in [0.15, 0.2) is 5.25 Å². The zero-order valence-corrected chi connectivity index (χ0v) is 12.3. The van der Waals surface area contributed by atoms with Crippen LogP contribution in [-0.4, -0.2) is 26.8 Å². The highest BCUT2D eigenvalue weighted by atomic mass is 32.2. The van der Waals surface area contributed by atoms with Crippen LogP contribution >= 0.6 is 0 Å². The molecule has 108 valence electrons. The summed E-state index contributed by atoms with van der Waals surface area (Å²) in [5.74, 6) is 0.113. The molecule has 1 aliphatic heterocycles. The van der Waals surface area contributed by atoms with Crippen molar-refractivity contribution in [3.05, 3.63) is 29.8 Å². The van der Waals surface area contributed by atoms with Crippen LogP contribution in [0, 0.1) is 11.3 Å². The lowest BCUT2D eigenvalue weighted by atomic mass is 9.98. The second-order valence-electron chi connectivity index (χ2n) is 4.94. The van der Waals surface area contributed by atoms with Crippen LogP contribution in [0.2, 0.25) is 0 Å². The van der Waals surface area contributed by atoms with Crippen molar-refractivity contribution in [3.63, 3.8) is 0 Å². The lowest BCUT2D eigenvalue weighted by molar-refractivity contribution is 0.578. The van der Waals surface area contributed by atoms with Gasteiger partial charge in [0.2, 0.25) is 0 Å². The van der Waals surface area contributed by atoms with Crippen LogP contribution in [0.15, 0.2) is 24.3 Å². The summed E-state index contributed by atoms with van der Waals surface area (Å²) in [4.78, 5) is 0. The van der Waals surface area contributed by atoms with E-state index in [1.165, 1.54) is 4.31 Å². The van der Waals surface area contributed by atoms with Crippen molar-refractivity contribution in [2.45, 2.75) is 30.9 Å². The van der Waals surface area contributed by atoms with Crippen LogP contribution in [0.5, 0.6) is 0 Å². The number of benzene rings is 1. The van der Waals surface area contributed by atoms with Gasteiger partial charge in [-0.05, 0) is 31.0 Å². The number of rotatable bonds is 5. The minimum absolute atomic E-state index is 0.113. The molecule has 2 N–H and O–H groups in total. The average Bonchev–Trinajstić information content (AvgIpc) is 2.80. The first kappa shape index (κ1) is 14.8.